The van der Waals surface area contributed by atoms with Gasteiger partial charge in [0.25, 0.3) is 5.91 Å². The molecule has 0 fully saturated rings. The highest BCUT2D eigenvalue weighted by Crippen LogP contribution is 2.29. The number of amides is 1. The van der Waals surface area contributed by atoms with Crippen molar-refractivity contribution in [1.82, 2.24) is 14.8 Å². The molecule has 0 atom stereocenters. The smallest absolute Gasteiger partial charge is 0.265 e. The number of aromatic nitrogens is 3. The van der Waals surface area contributed by atoms with Gasteiger partial charge in [-0.05, 0) is 25.1 Å². The Bertz CT molecular complexity index is 996. The number of benzene rings is 1. The lowest BCUT2D eigenvalue weighted by atomic mass is 10.1. The molecule has 0 radical (unpaired) electrons. The van der Waals surface area contributed by atoms with E-state index in [1.807, 2.05) is 44.3 Å². The van der Waals surface area contributed by atoms with E-state index in [1.54, 1.807) is 10.9 Å². The molecule has 4 aromatic rings. The average molecular weight is 338 g/mol. The molecular formula is C17H14N4O2S. The van der Waals surface area contributed by atoms with Crippen LogP contribution in [0.25, 0.3) is 21.5 Å². The molecule has 0 aliphatic rings. The van der Waals surface area contributed by atoms with Gasteiger partial charge in [0, 0.05) is 23.7 Å². The molecule has 3 heterocycles. The zero-order valence-corrected chi connectivity index (χ0v) is 13.9. The zero-order chi connectivity index (χ0) is 16.7. The van der Waals surface area contributed by atoms with Gasteiger partial charge in [0.1, 0.15) is 4.83 Å². The quantitative estimate of drug-likeness (QED) is 0.616. The monoisotopic (exact) mass is 338 g/mol. The molecule has 1 amide bonds. The fourth-order valence-corrected chi connectivity index (χ4v) is 3.64. The first-order valence-electron chi connectivity index (χ1n) is 7.35. The van der Waals surface area contributed by atoms with Gasteiger partial charge in [0.15, 0.2) is 12.2 Å². The molecule has 0 unspecified atom stereocenters. The van der Waals surface area contributed by atoms with Crippen molar-refractivity contribution < 1.29 is 9.21 Å². The van der Waals surface area contributed by atoms with Crippen LogP contribution in [-0.4, -0.2) is 20.7 Å². The van der Waals surface area contributed by atoms with E-state index in [1.165, 1.54) is 17.7 Å². The van der Waals surface area contributed by atoms with E-state index in [2.05, 4.69) is 15.4 Å². The lowest BCUT2D eigenvalue weighted by Gasteiger charge is -2.05. The van der Waals surface area contributed by atoms with E-state index in [-0.39, 0.29) is 5.91 Å². The molecule has 0 saturated heterocycles. The predicted molar refractivity (Wildman–Crippen MR) is 93.2 cm³/mol. The maximum absolute atomic E-state index is 12.5. The van der Waals surface area contributed by atoms with Crippen molar-refractivity contribution in [3.05, 3.63) is 53.5 Å². The molecule has 1 aromatic carbocycles. The minimum atomic E-state index is -0.134. The number of rotatable bonds is 3. The summed E-state index contributed by atoms with van der Waals surface area (Å²) >= 11 is 1.43. The van der Waals surface area contributed by atoms with Crippen molar-refractivity contribution >= 4 is 33.1 Å². The molecule has 0 bridgehead atoms. The number of carbonyl (C=O) groups excluding carboxylic acids is 1. The predicted octanol–water partition coefficient (Wildman–Crippen LogP) is 3.85. The van der Waals surface area contributed by atoms with Gasteiger partial charge in [0.05, 0.1) is 16.8 Å². The largest absolute Gasteiger partial charge is 0.444 e. The van der Waals surface area contributed by atoms with Gasteiger partial charge in [-0.2, -0.15) is 5.10 Å². The fourth-order valence-electron chi connectivity index (χ4n) is 2.62. The van der Waals surface area contributed by atoms with Crippen molar-refractivity contribution in [2.45, 2.75) is 6.92 Å². The molecule has 1 N–H and O–H groups in total. The summed E-state index contributed by atoms with van der Waals surface area (Å²) in [7, 11) is 1.88. The van der Waals surface area contributed by atoms with Gasteiger partial charge in [0.2, 0.25) is 0 Å². The van der Waals surface area contributed by atoms with Gasteiger partial charge >= 0.3 is 0 Å². The second-order valence-electron chi connectivity index (χ2n) is 5.44. The normalized spacial score (nSPS) is 11.1. The van der Waals surface area contributed by atoms with Crippen molar-refractivity contribution in [2.24, 2.45) is 7.05 Å². The highest BCUT2D eigenvalue weighted by Gasteiger charge is 2.15. The molecular weight excluding hydrogens is 324 g/mol. The van der Waals surface area contributed by atoms with Crippen LogP contribution in [0.4, 0.5) is 5.69 Å². The van der Waals surface area contributed by atoms with E-state index < -0.39 is 0 Å². The number of hydrogen-bond donors (Lipinski definition) is 1. The number of nitrogens with one attached hydrogen (secondary N) is 1. The summed E-state index contributed by atoms with van der Waals surface area (Å²) in [6, 6.07) is 9.37. The molecule has 24 heavy (non-hydrogen) atoms. The Morgan fingerprint density at radius 2 is 2.21 bits per heavy atom. The summed E-state index contributed by atoms with van der Waals surface area (Å²) in [5.74, 6) is 0.528. The molecule has 120 valence electrons. The van der Waals surface area contributed by atoms with E-state index in [9.17, 15) is 4.79 Å². The van der Waals surface area contributed by atoms with Crippen molar-refractivity contribution in [3.63, 3.8) is 0 Å². The number of oxazole rings is 1. The summed E-state index contributed by atoms with van der Waals surface area (Å²) < 4.78 is 7.09. The average Bonchev–Trinajstić information content (AvgIpc) is 3.28. The first kappa shape index (κ1) is 14.6. The second kappa shape index (κ2) is 5.61. The van der Waals surface area contributed by atoms with Gasteiger partial charge in [-0.3, -0.25) is 9.48 Å². The number of nitrogens with zero attached hydrogens (tertiary/aromatic N) is 3. The number of anilines is 1. The van der Waals surface area contributed by atoms with Crippen molar-refractivity contribution in [3.8, 4) is 11.3 Å². The standard InChI is InChI=1S/C17H14N4O2S/c1-10-13-7-15(24-17(13)21(2)20-10)16(22)19-12-5-3-4-11(6-12)14-8-18-9-23-14/h3-9H,1-2H3,(H,19,22). The molecule has 4 rings (SSSR count). The summed E-state index contributed by atoms with van der Waals surface area (Å²) in [6.07, 6.45) is 3.02. The Hall–Kier alpha value is -2.93. The Kier molecular flexibility index (Phi) is 3.42. The number of carbonyl (C=O) groups is 1. The van der Waals surface area contributed by atoms with Crippen LogP contribution in [0.1, 0.15) is 15.4 Å². The topological polar surface area (TPSA) is 73.0 Å². The SMILES string of the molecule is Cc1nn(C)c2sc(C(=O)Nc3cccc(-c4cnco4)c3)cc12. The Morgan fingerprint density at radius 1 is 1.33 bits per heavy atom. The van der Waals surface area contributed by atoms with Crippen LogP contribution in [0.15, 0.2) is 47.3 Å². The lowest BCUT2D eigenvalue weighted by Crippen LogP contribution is -2.10. The molecule has 7 heteroatoms. The van der Waals surface area contributed by atoms with E-state index >= 15 is 0 Å². The Balaban J connectivity index is 1.61. The minimum absolute atomic E-state index is 0.134. The van der Waals surface area contributed by atoms with Crippen LogP contribution in [0.3, 0.4) is 0 Å². The maximum Gasteiger partial charge on any atom is 0.265 e. The lowest BCUT2D eigenvalue weighted by molar-refractivity contribution is 0.103. The third kappa shape index (κ3) is 2.48. The van der Waals surface area contributed by atoms with E-state index in [0.717, 1.165) is 21.5 Å². The van der Waals surface area contributed by atoms with E-state index in [0.29, 0.717) is 16.3 Å². The van der Waals surface area contributed by atoms with Crippen molar-refractivity contribution in [2.75, 3.05) is 5.32 Å². The molecule has 0 aliphatic carbocycles. The maximum atomic E-state index is 12.5. The van der Waals surface area contributed by atoms with Crippen LogP contribution < -0.4 is 5.32 Å². The van der Waals surface area contributed by atoms with Gasteiger partial charge in [-0.25, -0.2) is 4.98 Å². The number of thiophene rings is 1. The van der Waals surface area contributed by atoms with Crippen LogP contribution in [0, 0.1) is 6.92 Å². The molecule has 0 spiro atoms. The number of hydrogen-bond acceptors (Lipinski definition) is 5. The molecule has 3 aromatic heterocycles. The summed E-state index contributed by atoms with van der Waals surface area (Å²) in [5, 5.41) is 8.30. The second-order valence-corrected chi connectivity index (χ2v) is 6.47. The van der Waals surface area contributed by atoms with Gasteiger partial charge in [-0.15, -0.1) is 11.3 Å². The van der Waals surface area contributed by atoms with Gasteiger partial charge < -0.3 is 9.73 Å². The summed E-state index contributed by atoms with van der Waals surface area (Å²) in [4.78, 5) is 18.1. The highest BCUT2D eigenvalue weighted by molar-refractivity contribution is 7.20. The zero-order valence-electron chi connectivity index (χ0n) is 13.1. The first-order chi connectivity index (χ1) is 11.6. The number of fused-ring (bicyclic) bond motifs is 1. The Morgan fingerprint density at radius 3 is 2.96 bits per heavy atom. The highest BCUT2D eigenvalue weighted by atomic mass is 32.1. The third-order valence-electron chi connectivity index (χ3n) is 3.76. The first-order valence-corrected chi connectivity index (χ1v) is 8.17. The van der Waals surface area contributed by atoms with Crippen molar-refractivity contribution in [1.29, 1.82) is 0 Å². The van der Waals surface area contributed by atoms with Gasteiger partial charge in [-0.1, -0.05) is 12.1 Å². The van der Waals surface area contributed by atoms with E-state index in [4.69, 9.17) is 4.42 Å². The number of aryl methyl sites for hydroxylation is 2. The molecule has 6 nitrogen and oxygen atoms in total. The summed E-state index contributed by atoms with van der Waals surface area (Å²) in [6.45, 7) is 1.94. The molecule has 0 aliphatic heterocycles. The summed E-state index contributed by atoms with van der Waals surface area (Å²) in [5.41, 5.74) is 2.50. The fraction of sp³-hybridized carbons (Fsp3) is 0.118. The van der Waals surface area contributed by atoms with Crippen LogP contribution in [0.5, 0.6) is 0 Å². The molecule has 0 saturated carbocycles. The van der Waals surface area contributed by atoms with Crippen LogP contribution in [-0.2, 0) is 7.05 Å². The Labute approximate surface area is 141 Å². The minimum Gasteiger partial charge on any atom is -0.444 e. The van der Waals surface area contributed by atoms with Crippen LogP contribution >= 0.6 is 11.3 Å². The van der Waals surface area contributed by atoms with Crippen LogP contribution in [0.2, 0.25) is 0 Å². The third-order valence-corrected chi connectivity index (χ3v) is 4.96.